The highest BCUT2D eigenvalue weighted by Gasteiger charge is 2.46. The molecule has 1 aliphatic heterocycles. The van der Waals surface area contributed by atoms with E-state index < -0.39 is 23.5 Å². The molecule has 1 amide bonds. The summed E-state index contributed by atoms with van der Waals surface area (Å²) >= 11 is 12.3. The Hall–Kier alpha value is -2.92. The molecule has 1 unspecified atom stereocenters. The molecule has 0 fully saturated rings. The summed E-state index contributed by atoms with van der Waals surface area (Å²) in [5, 5.41) is 20.1. The van der Waals surface area contributed by atoms with Crippen LogP contribution in [-0.2, 0) is 10.5 Å². The number of amides is 1. The number of Topliss-reactive ketones (excluding diaryl/α,β-unsaturated/α-hetero) is 1. The molecule has 0 bridgehead atoms. The predicted molar refractivity (Wildman–Crippen MR) is 138 cm³/mol. The molecule has 1 atom stereocenters. The molecule has 5 rings (SSSR count). The van der Waals surface area contributed by atoms with Gasteiger partial charge in [0, 0.05) is 15.2 Å². The number of nitrogens with zero attached hydrogens (tertiary/aromatic N) is 3. The molecule has 4 aromatic rings. The summed E-state index contributed by atoms with van der Waals surface area (Å²) in [6.45, 7) is 0. The number of benzene rings is 2. The largest absolute Gasteiger partial charge is 0.503 e. The molecule has 0 radical (unpaired) electrons. The minimum absolute atomic E-state index is 0.0246. The van der Waals surface area contributed by atoms with Gasteiger partial charge in [-0.1, -0.05) is 81.0 Å². The van der Waals surface area contributed by atoms with Gasteiger partial charge in [0.1, 0.15) is 0 Å². The molecule has 2 aromatic carbocycles. The van der Waals surface area contributed by atoms with Crippen molar-refractivity contribution in [3.63, 3.8) is 0 Å². The number of aliphatic hydroxyl groups is 1. The molecule has 0 aliphatic carbocycles. The standard InChI is InChI=1S/C24H15BrClN3O4S2/c25-15-9-7-13(8-10-15)19-18(20(30)17-6-3-11-33-17)21(31)22(32)29(19)23-27-28-24(35-23)34-12-14-4-1-2-5-16(14)26/h1-11,19,31H,12H2. The summed E-state index contributed by atoms with van der Waals surface area (Å²) in [5.74, 6) is -1.35. The predicted octanol–water partition coefficient (Wildman–Crippen LogP) is 6.62. The molecule has 2 aromatic heterocycles. The van der Waals surface area contributed by atoms with Crippen LogP contribution < -0.4 is 4.90 Å². The van der Waals surface area contributed by atoms with Crippen LogP contribution in [-0.4, -0.2) is 27.0 Å². The van der Waals surface area contributed by atoms with E-state index in [1.807, 2.05) is 24.3 Å². The number of halogens is 2. The third-order valence-corrected chi connectivity index (χ3v) is 8.30. The molecule has 7 nitrogen and oxygen atoms in total. The smallest absolute Gasteiger partial charge is 0.296 e. The van der Waals surface area contributed by atoms with Crippen molar-refractivity contribution in [2.45, 2.75) is 16.1 Å². The number of aromatic nitrogens is 2. The van der Waals surface area contributed by atoms with Gasteiger partial charge >= 0.3 is 0 Å². The van der Waals surface area contributed by atoms with Gasteiger partial charge in [-0.3, -0.25) is 14.5 Å². The molecule has 176 valence electrons. The highest BCUT2D eigenvalue weighted by Crippen LogP contribution is 2.44. The molecular formula is C24H15BrClN3O4S2. The summed E-state index contributed by atoms with van der Waals surface area (Å²) in [6, 6.07) is 16.8. The highest BCUT2D eigenvalue weighted by atomic mass is 79.9. The SMILES string of the molecule is O=C(C1=C(O)C(=O)N(c2nnc(SCc3ccccc3Cl)s2)C1c1ccc(Br)cc1)c1ccco1. The second kappa shape index (κ2) is 9.98. The lowest BCUT2D eigenvalue weighted by Crippen LogP contribution is -2.31. The molecule has 1 N–H and O–H groups in total. The van der Waals surface area contributed by atoms with Gasteiger partial charge in [-0.15, -0.1) is 10.2 Å². The first-order valence-corrected chi connectivity index (χ1v) is 13.2. The average molecular weight is 589 g/mol. The van der Waals surface area contributed by atoms with Crippen molar-refractivity contribution in [1.29, 1.82) is 0 Å². The number of furan rings is 1. The maximum atomic E-state index is 13.2. The Morgan fingerprint density at radius 1 is 1.14 bits per heavy atom. The first kappa shape index (κ1) is 23.8. The third kappa shape index (κ3) is 4.66. The second-order valence-corrected chi connectivity index (χ2v) is 10.9. The number of carbonyl (C=O) groups excluding carboxylic acids is 2. The van der Waals surface area contributed by atoms with Crippen molar-refractivity contribution < 1.29 is 19.1 Å². The number of rotatable bonds is 7. The van der Waals surface area contributed by atoms with Crippen molar-refractivity contribution in [3.05, 3.63) is 105 Å². The van der Waals surface area contributed by atoms with Gasteiger partial charge in [-0.2, -0.15) is 0 Å². The number of hydrogen-bond acceptors (Lipinski definition) is 8. The number of anilines is 1. The van der Waals surface area contributed by atoms with E-state index in [2.05, 4.69) is 26.1 Å². The van der Waals surface area contributed by atoms with Crippen molar-refractivity contribution in [2.75, 3.05) is 4.90 Å². The second-order valence-electron chi connectivity index (χ2n) is 7.43. The summed E-state index contributed by atoms with van der Waals surface area (Å²) in [4.78, 5) is 27.8. The summed E-state index contributed by atoms with van der Waals surface area (Å²) in [6.07, 6.45) is 1.36. The zero-order valence-electron chi connectivity index (χ0n) is 17.7. The molecular weight excluding hydrogens is 574 g/mol. The fourth-order valence-corrected chi connectivity index (χ4v) is 6.07. The fourth-order valence-electron chi connectivity index (χ4n) is 3.65. The van der Waals surface area contributed by atoms with E-state index in [1.54, 1.807) is 30.3 Å². The zero-order valence-corrected chi connectivity index (χ0v) is 21.7. The maximum Gasteiger partial charge on any atom is 0.296 e. The van der Waals surface area contributed by atoms with Crippen LogP contribution in [0.3, 0.4) is 0 Å². The van der Waals surface area contributed by atoms with Crippen molar-refractivity contribution in [3.8, 4) is 0 Å². The molecule has 0 saturated carbocycles. The van der Waals surface area contributed by atoms with Crippen LogP contribution in [0.1, 0.15) is 27.7 Å². The number of aliphatic hydroxyl groups excluding tert-OH is 1. The molecule has 3 heterocycles. The van der Waals surface area contributed by atoms with Gasteiger partial charge in [-0.05, 0) is 41.5 Å². The van der Waals surface area contributed by atoms with Gasteiger partial charge in [0.05, 0.1) is 17.9 Å². The Morgan fingerprint density at radius 2 is 1.91 bits per heavy atom. The van der Waals surface area contributed by atoms with Gasteiger partial charge in [-0.25, -0.2) is 0 Å². The third-order valence-electron chi connectivity index (χ3n) is 5.29. The maximum absolute atomic E-state index is 13.2. The van der Waals surface area contributed by atoms with Gasteiger partial charge in [0.25, 0.3) is 5.91 Å². The summed E-state index contributed by atoms with van der Waals surface area (Å²) in [7, 11) is 0. The first-order valence-electron chi connectivity index (χ1n) is 10.2. The minimum atomic E-state index is -0.900. The van der Waals surface area contributed by atoms with Crippen LogP contribution in [0.4, 0.5) is 5.13 Å². The Balaban J connectivity index is 1.49. The van der Waals surface area contributed by atoms with Crippen LogP contribution in [0.5, 0.6) is 0 Å². The number of thioether (sulfide) groups is 1. The van der Waals surface area contributed by atoms with Crippen LogP contribution in [0, 0.1) is 0 Å². The zero-order chi connectivity index (χ0) is 24.5. The van der Waals surface area contributed by atoms with Crippen molar-refractivity contribution >= 4 is 67.5 Å². The fraction of sp³-hybridized carbons (Fsp3) is 0.0833. The van der Waals surface area contributed by atoms with Gasteiger partial charge < -0.3 is 9.52 Å². The van der Waals surface area contributed by atoms with Crippen molar-refractivity contribution in [2.24, 2.45) is 0 Å². The van der Waals surface area contributed by atoms with E-state index in [0.29, 0.717) is 20.7 Å². The monoisotopic (exact) mass is 587 g/mol. The molecule has 35 heavy (non-hydrogen) atoms. The quantitative estimate of drug-likeness (QED) is 0.147. The van der Waals surface area contributed by atoms with Gasteiger partial charge in [0.15, 0.2) is 15.9 Å². The van der Waals surface area contributed by atoms with E-state index in [9.17, 15) is 14.7 Å². The van der Waals surface area contributed by atoms with Crippen molar-refractivity contribution in [1.82, 2.24) is 10.2 Å². The molecule has 11 heteroatoms. The Bertz CT molecular complexity index is 1440. The Labute approximate surface area is 221 Å². The van der Waals surface area contributed by atoms with Crippen LogP contribution in [0.25, 0.3) is 0 Å². The van der Waals surface area contributed by atoms with E-state index in [4.69, 9.17) is 16.0 Å². The summed E-state index contributed by atoms with van der Waals surface area (Å²) in [5.41, 5.74) is 1.50. The lowest BCUT2D eigenvalue weighted by atomic mass is 9.95. The molecule has 0 saturated heterocycles. The van der Waals surface area contributed by atoms with E-state index >= 15 is 0 Å². The lowest BCUT2D eigenvalue weighted by molar-refractivity contribution is -0.117. The van der Waals surface area contributed by atoms with E-state index in [1.165, 1.54) is 40.3 Å². The minimum Gasteiger partial charge on any atom is -0.503 e. The highest BCUT2D eigenvalue weighted by molar-refractivity contribution is 9.10. The number of ketones is 1. The van der Waals surface area contributed by atoms with Crippen LogP contribution >= 0.6 is 50.6 Å². The lowest BCUT2D eigenvalue weighted by Gasteiger charge is -2.23. The van der Waals surface area contributed by atoms with Gasteiger partial charge in [0.2, 0.25) is 10.9 Å². The molecule has 1 aliphatic rings. The topological polar surface area (TPSA) is 96.5 Å². The van der Waals surface area contributed by atoms with Crippen LogP contribution in [0.15, 0.2) is 91.5 Å². The number of hydrogen-bond donors (Lipinski definition) is 1. The normalized spacial score (nSPS) is 15.8. The summed E-state index contributed by atoms with van der Waals surface area (Å²) < 4.78 is 6.70. The average Bonchev–Trinajstić information content (AvgIpc) is 3.60. The Morgan fingerprint density at radius 3 is 2.63 bits per heavy atom. The molecule has 0 spiro atoms. The van der Waals surface area contributed by atoms with E-state index in [0.717, 1.165) is 10.0 Å². The first-order chi connectivity index (χ1) is 16.9. The van der Waals surface area contributed by atoms with E-state index in [-0.39, 0.29) is 16.5 Å². The van der Waals surface area contributed by atoms with Crippen LogP contribution in [0.2, 0.25) is 5.02 Å². The Kier molecular flexibility index (Phi) is 6.79. The number of carbonyl (C=O) groups is 2.